The number of hydrogen-bond donors (Lipinski definition) is 3. The minimum Gasteiger partial charge on any atom is -0.478 e. The Balaban J connectivity index is 1.74. The van der Waals surface area contributed by atoms with E-state index >= 15 is 0 Å². The highest BCUT2D eigenvalue weighted by Crippen LogP contribution is 2.24. The standard InChI is InChI=1S/C19H28N2O5S/c22-19(23)17-12-16(9-10-18(17)20-13-15-8-5-11-26-15)27(24,25)21-14-6-3-1-2-4-7-14/h9-10,12,14-15,20-21H,1-8,11,13H2,(H,22,23)/t15-/m1/s1. The summed E-state index contributed by atoms with van der Waals surface area (Å²) in [6, 6.07) is 4.14. The summed E-state index contributed by atoms with van der Waals surface area (Å²) < 4.78 is 33.7. The van der Waals surface area contributed by atoms with Gasteiger partial charge in [-0.1, -0.05) is 25.7 Å². The summed E-state index contributed by atoms with van der Waals surface area (Å²) in [4.78, 5) is 11.6. The van der Waals surface area contributed by atoms with Crippen LogP contribution in [0.15, 0.2) is 23.1 Å². The van der Waals surface area contributed by atoms with Crippen LogP contribution < -0.4 is 10.0 Å². The third-order valence-corrected chi connectivity index (χ3v) is 6.77. The van der Waals surface area contributed by atoms with E-state index < -0.39 is 16.0 Å². The minimum absolute atomic E-state index is 0.00758. The topological polar surface area (TPSA) is 105 Å². The average molecular weight is 397 g/mol. The molecular weight excluding hydrogens is 368 g/mol. The molecule has 3 rings (SSSR count). The molecule has 0 radical (unpaired) electrons. The Kier molecular flexibility index (Phi) is 6.73. The quantitative estimate of drug-likeness (QED) is 0.612. The zero-order chi connectivity index (χ0) is 19.3. The maximum absolute atomic E-state index is 12.7. The number of ether oxygens (including phenoxy) is 1. The zero-order valence-electron chi connectivity index (χ0n) is 15.4. The highest BCUT2D eigenvalue weighted by Gasteiger charge is 2.24. The van der Waals surface area contributed by atoms with E-state index in [2.05, 4.69) is 10.0 Å². The van der Waals surface area contributed by atoms with Crippen LogP contribution in [0.1, 0.15) is 61.7 Å². The summed E-state index contributed by atoms with van der Waals surface area (Å²) in [7, 11) is -3.75. The SMILES string of the molecule is O=C(O)c1cc(S(=O)(=O)NC2CCCCCC2)ccc1NC[C@H]1CCCO1. The van der Waals surface area contributed by atoms with E-state index in [0.29, 0.717) is 12.2 Å². The van der Waals surface area contributed by atoms with Crippen LogP contribution in [0.3, 0.4) is 0 Å². The first-order valence-electron chi connectivity index (χ1n) is 9.71. The third kappa shape index (κ3) is 5.43. The van der Waals surface area contributed by atoms with Crippen molar-refractivity contribution in [2.24, 2.45) is 0 Å². The predicted octanol–water partition coefficient (Wildman–Crippen LogP) is 2.98. The first kappa shape index (κ1) is 20.1. The molecule has 1 atom stereocenters. The Hall–Kier alpha value is -1.64. The number of anilines is 1. The summed E-state index contributed by atoms with van der Waals surface area (Å²) >= 11 is 0. The lowest BCUT2D eigenvalue weighted by atomic mass is 10.1. The summed E-state index contributed by atoms with van der Waals surface area (Å²) in [5.74, 6) is -1.16. The van der Waals surface area contributed by atoms with Gasteiger partial charge in [-0.25, -0.2) is 17.9 Å². The second kappa shape index (κ2) is 9.03. The Morgan fingerprint density at radius 3 is 2.48 bits per heavy atom. The second-order valence-corrected chi connectivity index (χ2v) is 9.05. The Morgan fingerprint density at radius 1 is 1.11 bits per heavy atom. The van der Waals surface area contributed by atoms with Crippen LogP contribution in [0, 0.1) is 0 Å². The van der Waals surface area contributed by atoms with Gasteiger partial charge >= 0.3 is 5.97 Å². The number of aromatic carboxylic acids is 1. The van der Waals surface area contributed by atoms with Gasteiger partial charge in [0.2, 0.25) is 10.0 Å². The van der Waals surface area contributed by atoms with Gasteiger partial charge in [0.25, 0.3) is 0 Å². The van der Waals surface area contributed by atoms with Crippen LogP contribution in [0.25, 0.3) is 0 Å². The zero-order valence-corrected chi connectivity index (χ0v) is 16.3. The molecule has 0 aromatic heterocycles. The highest BCUT2D eigenvalue weighted by molar-refractivity contribution is 7.89. The predicted molar refractivity (Wildman–Crippen MR) is 103 cm³/mol. The monoisotopic (exact) mass is 396 g/mol. The molecule has 0 spiro atoms. The van der Waals surface area contributed by atoms with E-state index in [1.54, 1.807) is 0 Å². The van der Waals surface area contributed by atoms with Gasteiger partial charge in [0.1, 0.15) is 0 Å². The molecule has 1 aliphatic heterocycles. The van der Waals surface area contributed by atoms with Crippen molar-refractivity contribution in [1.29, 1.82) is 0 Å². The van der Waals surface area contributed by atoms with Crippen LogP contribution in [0.2, 0.25) is 0 Å². The molecule has 7 nitrogen and oxygen atoms in total. The fourth-order valence-corrected chi connectivity index (χ4v) is 5.07. The van der Waals surface area contributed by atoms with Gasteiger partial charge in [0.15, 0.2) is 0 Å². The molecule has 2 fully saturated rings. The van der Waals surface area contributed by atoms with E-state index in [-0.39, 0.29) is 22.6 Å². The number of carboxylic acids is 1. The molecule has 27 heavy (non-hydrogen) atoms. The molecule has 1 heterocycles. The van der Waals surface area contributed by atoms with Crippen molar-refractivity contribution in [3.8, 4) is 0 Å². The number of carbonyl (C=O) groups is 1. The number of sulfonamides is 1. The highest BCUT2D eigenvalue weighted by atomic mass is 32.2. The maximum Gasteiger partial charge on any atom is 0.337 e. The molecule has 0 unspecified atom stereocenters. The molecular formula is C19H28N2O5S. The molecule has 1 saturated carbocycles. The molecule has 1 aromatic carbocycles. The fraction of sp³-hybridized carbons (Fsp3) is 0.632. The average Bonchev–Trinajstić information content (AvgIpc) is 3.03. The van der Waals surface area contributed by atoms with Gasteiger partial charge in [-0.3, -0.25) is 0 Å². The molecule has 150 valence electrons. The Labute approximate surface area is 160 Å². The number of hydrogen-bond acceptors (Lipinski definition) is 5. The molecule has 1 saturated heterocycles. The molecule has 2 aliphatic rings. The number of rotatable bonds is 7. The lowest BCUT2D eigenvalue weighted by molar-refractivity contribution is 0.0697. The van der Waals surface area contributed by atoms with Crippen LogP contribution in [-0.2, 0) is 14.8 Å². The molecule has 8 heteroatoms. The fourth-order valence-electron chi connectivity index (χ4n) is 3.74. The lowest BCUT2D eigenvalue weighted by Gasteiger charge is -2.18. The van der Waals surface area contributed by atoms with Crippen molar-refractivity contribution >= 4 is 21.7 Å². The van der Waals surface area contributed by atoms with E-state index in [1.165, 1.54) is 18.2 Å². The number of nitrogens with one attached hydrogen (secondary N) is 2. The summed E-state index contributed by atoms with van der Waals surface area (Å²) in [6.07, 6.45) is 7.94. The number of carboxylic acid groups (broad SMARTS) is 1. The van der Waals surface area contributed by atoms with E-state index in [4.69, 9.17) is 4.74 Å². The largest absolute Gasteiger partial charge is 0.478 e. The third-order valence-electron chi connectivity index (χ3n) is 5.25. The van der Waals surface area contributed by atoms with Crippen molar-refractivity contribution in [1.82, 2.24) is 4.72 Å². The normalized spacial score (nSPS) is 21.7. The van der Waals surface area contributed by atoms with E-state index in [9.17, 15) is 18.3 Å². The minimum atomic E-state index is -3.75. The Bertz CT molecular complexity index is 751. The molecule has 3 N–H and O–H groups in total. The molecule has 0 amide bonds. The van der Waals surface area contributed by atoms with Crippen LogP contribution >= 0.6 is 0 Å². The number of benzene rings is 1. The maximum atomic E-state index is 12.7. The van der Waals surface area contributed by atoms with Gasteiger partial charge in [0.05, 0.1) is 16.6 Å². The summed E-state index contributed by atoms with van der Waals surface area (Å²) in [5.41, 5.74) is 0.364. The molecule has 0 bridgehead atoms. The van der Waals surface area contributed by atoms with Gasteiger partial charge < -0.3 is 15.2 Å². The Morgan fingerprint density at radius 2 is 1.85 bits per heavy atom. The molecule has 1 aliphatic carbocycles. The molecule has 1 aromatic rings. The van der Waals surface area contributed by atoms with Crippen LogP contribution in [0.5, 0.6) is 0 Å². The lowest BCUT2D eigenvalue weighted by Crippen LogP contribution is -2.34. The van der Waals surface area contributed by atoms with Crippen LogP contribution in [0.4, 0.5) is 5.69 Å². The van der Waals surface area contributed by atoms with Crippen LogP contribution in [-0.4, -0.2) is 44.8 Å². The van der Waals surface area contributed by atoms with E-state index in [0.717, 1.165) is 58.0 Å². The second-order valence-electron chi connectivity index (χ2n) is 7.34. The van der Waals surface area contributed by atoms with Gasteiger partial charge in [-0.05, 0) is 43.9 Å². The van der Waals surface area contributed by atoms with Crippen molar-refractivity contribution in [3.63, 3.8) is 0 Å². The summed E-state index contributed by atoms with van der Waals surface area (Å²) in [5, 5.41) is 12.6. The first-order chi connectivity index (χ1) is 13.0. The summed E-state index contributed by atoms with van der Waals surface area (Å²) in [6.45, 7) is 1.23. The van der Waals surface area contributed by atoms with Gasteiger partial charge in [-0.15, -0.1) is 0 Å². The van der Waals surface area contributed by atoms with Crippen molar-refractivity contribution in [3.05, 3.63) is 23.8 Å². The van der Waals surface area contributed by atoms with E-state index in [1.807, 2.05) is 0 Å². The van der Waals surface area contributed by atoms with Gasteiger partial charge in [0, 0.05) is 24.9 Å². The van der Waals surface area contributed by atoms with Gasteiger partial charge in [-0.2, -0.15) is 0 Å². The van der Waals surface area contributed by atoms with Crippen molar-refractivity contribution < 1.29 is 23.1 Å². The van der Waals surface area contributed by atoms with Crippen molar-refractivity contribution in [2.75, 3.05) is 18.5 Å². The smallest absolute Gasteiger partial charge is 0.337 e. The first-order valence-corrected chi connectivity index (χ1v) is 11.2. The van der Waals surface area contributed by atoms with Crippen molar-refractivity contribution in [2.45, 2.75) is 68.4 Å².